The number of furan rings is 1. The van der Waals surface area contributed by atoms with Gasteiger partial charge >= 0.3 is 0 Å². The van der Waals surface area contributed by atoms with Crippen molar-refractivity contribution in [2.75, 3.05) is 26.2 Å². The largest absolute Gasteiger partial charge is 0.472 e. The molecule has 140 valence electrons. The minimum Gasteiger partial charge on any atom is -0.472 e. The van der Waals surface area contributed by atoms with Gasteiger partial charge < -0.3 is 14.5 Å². The SMILES string of the molecule is CC(C)CNC(=O)c1n[nH]c2c1COCC21CCN(Cc2ccoc2)C1. The maximum absolute atomic E-state index is 12.5. The highest BCUT2D eigenvalue weighted by Gasteiger charge is 2.46. The van der Waals surface area contributed by atoms with Crippen molar-refractivity contribution >= 4 is 5.91 Å². The van der Waals surface area contributed by atoms with Gasteiger partial charge in [-0.25, -0.2) is 0 Å². The second kappa shape index (κ2) is 6.89. The van der Waals surface area contributed by atoms with Crippen LogP contribution in [-0.2, 0) is 23.3 Å². The smallest absolute Gasteiger partial charge is 0.272 e. The van der Waals surface area contributed by atoms with E-state index in [1.54, 1.807) is 12.5 Å². The zero-order valence-electron chi connectivity index (χ0n) is 15.4. The van der Waals surface area contributed by atoms with Crippen LogP contribution in [0.3, 0.4) is 0 Å². The molecule has 1 fully saturated rings. The van der Waals surface area contributed by atoms with E-state index in [1.165, 1.54) is 5.56 Å². The number of hydrogen-bond donors (Lipinski definition) is 2. The molecule has 7 nitrogen and oxygen atoms in total. The number of carbonyl (C=O) groups excluding carboxylic acids is 1. The Morgan fingerprint density at radius 2 is 2.38 bits per heavy atom. The van der Waals surface area contributed by atoms with Crippen LogP contribution in [0.15, 0.2) is 23.0 Å². The van der Waals surface area contributed by atoms with Gasteiger partial charge in [-0.15, -0.1) is 0 Å². The molecule has 2 aliphatic rings. The summed E-state index contributed by atoms with van der Waals surface area (Å²) in [5, 5.41) is 10.5. The quantitative estimate of drug-likeness (QED) is 0.855. The summed E-state index contributed by atoms with van der Waals surface area (Å²) < 4.78 is 11.1. The summed E-state index contributed by atoms with van der Waals surface area (Å²) in [6.45, 7) is 8.64. The third kappa shape index (κ3) is 3.17. The van der Waals surface area contributed by atoms with Gasteiger partial charge in [0.1, 0.15) is 0 Å². The first kappa shape index (κ1) is 17.3. The first-order valence-electron chi connectivity index (χ1n) is 9.24. The molecule has 0 aliphatic carbocycles. The lowest BCUT2D eigenvalue weighted by atomic mass is 9.80. The summed E-state index contributed by atoms with van der Waals surface area (Å²) in [6.07, 6.45) is 4.49. The Hall–Kier alpha value is -2.12. The number of H-pyrrole nitrogens is 1. The van der Waals surface area contributed by atoms with E-state index in [1.807, 2.05) is 6.07 Å². The molecule has 1 amide bonds. The van der Waals surface area contributed by atoms with Gasteiger partial charge in [0, 0.05) is 36.2 Å². The van der Waals surface area contributed by atoms with Crippen LogP contribution in [0.4, 0.5) is 0 Å². The fourth-order valence-electron chi connectivity index (χ4n) is 3.99. The van der Waals surface area contributed by atoms with Gasteiger partial charge in [0.05, 0.1) is 31.4 Å². The van der Waals surface area contributed by atoms with Gasteiger partial charge in [-0.1, -0.05) is 13.8 Å². The van der Waals surface area contributed by atoms with Crippen molar-refractivity contribution in [3.8, 4) is 0 Å². The van der Waals surface area contributed by atoms with E-state index in [4.69, 9.17) is 9.15 Å². The molecule has 1 saturated heterocycles. The zero-order valence-corrected chi connectivity index (χ0v) is 15.4. The zero-order chi connectivity index (χ0) is 18.1. The van der Waals surface area contributed by atoms with E-state index in [0.717, 1.165) is 37.3 Å². The number of amides is 1. The molecule has 1 atom stereocenters. The van der Waals surface area contributed by atoms with Crippen molar-refractivity contribution in [3.63, 3.8) is 0 Å². The summed E-state index contributed by atoms with van der Waals surface area (Å²) in [5.74, 6) is 0.285. The molecular formula is C19H26N4O3. The molecule has 4 heterocycles. The van der Waals surface area contributed by atoms with Crippen molar-refractivity contribution in [2.45, 2.75) is 38.8 Å². The first-order valence-corrected chi connectivity index (χ1v) is 9.24. The average molecular weight is 358 g/mol. The van der Waals surface area contributed by atoms with Crippen LogP contribution in [0.5, 0.6) is 0 Å². The highest BCUT2D eigenvalue weighted by atomic mass is 16.5. The van der Waals surface area contributed by atoms with E-state index < -0.39 is 0 Å². The summed E-state index contributed by atoms with van der Waals surface area (Å²) in [5.41, 5.74) is 3.54. The van der Waals surface area contributed by atoms with Gasteiger partial charge in [0.25, 0.3) is 5.91 Å². The molecule has 1 unspecified atom stereocenters. The van der Waals surface area contributed by atoms with Crippen molar-refractivity contribution in [1.29, 1.82) is 0 Å². The number of likely N-dealkylation sites (tertiary alicyclic amines) is 1. The maximum Gasteiger partial charge on any atom is 0.272 e. The molecule has 2 N–H and O–H groups in total. The molecular weight excluding hydrogens is 332 g/mol. The first-order chi connectivity index (χ1) is 12.6. The average Bonchev–Trinajstić information content (AvgIpc) is 3.34. The van der Waals surface area contributed by atoms with E-state index in [0.29, 0.717) is 31.4 Å². The topological polar surface area (TPSA) is 83.4 Å². The molecule has 2 aliphatic heterocycles. The van der Waals surface area contributed by atoms with Crippen LogP contribution >= 0.6 is 0 Å². The molecule has 0 saturated carbocycles. The van der Waals surface area contributed by atoms with Crippen LogP contribution in [-0.4, -0.2) is 47.2 Å². The van der Waals surface area contributed by atoms with Gasteiger partial charge in [0.15, 0.2) is 5.69 Å². The predicted octanol–water partition coefficient (Wildman–Crippen LogP) is 2.06. The summed E-state index contributed by atoms with van der Waals surface area (Å²) in [7, 11) is 0. The molecule has 26 heavy (non-hydrogen) atoms. The lowest BCUT2D eigenvalue weighted by Gasteiger charge is -2.33. The summed E-state index contributed by atoms with van der Waals surface area (Å²) >= 11 is 0. The molecule has 1 spiro atoms. The monoisotopic (exact) mass is 358 g/mol. The second-order valence-corrected chi connectivity index (χ2v) is 7.90. The molecule has 0 radical (unpaired) electrons. The van der Waals surface area contributed by atoms with Crippen LogP contribution in [0, 0.1) is 5.92 Å². The Morgan fingerprint density at radius 1 is 1.50 bits per heavy atom. The predicted molar refractivity (Wildman–Crippen MR) is 95.7 cm³/mol. The van der Waals surface area contributed by atoms with Gasteiger partial charge in [-0.3, -0.25) is 14.8 Å². The highest BCUT2D eigenvalue weighted by Crippen LogP contribution is 2.40. The van der Waals surface area contributed by atoms with Crippen molar-refractivity contribution in [2.24, 2.45) is 5.92 Å². The van der Waals surface area contributed by atoms with Gasteiger partial charge in [-0.2, -0.15) is 5.10 Å². The fraction of sp³-hybridized carbons (Fsp3) is 0.579. The van der Waals surface area contributed by atoms with E-state index in [2.05, 4.69) is 34.3 Å². The van der Waals surface area contributed by atoms with E-state index in [9.17, 15) is 4.79 Å². The van der Waals surface area contributed by atoms with Crippen molar-refractivity contribution in [1.82, 2.24) is 20.4 Å². The lowest BCUT2D eigenvalue weighted by Crippen LogP contribution is -2.40. The van der Waals surface area contributed by atoms with Gasteiger partial charge in [0.2, 0.25) is 0 Å². The number of ether oxygens (including phenoxy) is 1. The summed E-state index contributed by atoms with van der Waals surface area (Å²) in [4.78, 5) is 14.9. The Morgan fingerprint density at radius 3 is 3.15 bits per heavy atom. The molecule has 4 rings (SSSR count). The van der Waals surface area contributed by atoms with Crippen LogP contribution < -0.4 is 5.32 Å². The van der Waals surface area contributed by atoms with Gasteiger partial charge in [-0.05, 0) is 24.9 Å². The fourth-order valence-corrected chi connectivity index (χ4v) is 3.99. The number of fused-ring (bicyclic) bond motifs is 2. The number of nitrogens with one attached hydrogen (secondary N) is 2. The van der Waals surface area contributed by atoms with Crippen LogP contribution in [0.25, 0.3) is 0 Å². The molecule has 2 aromatic heterocycles. The Balaban J connectivity index is 1.52. The van der Waals surface area contributed by atoms with Crippen molar-refractivity contribution in [3.05, 3.63) is 41.1 Å². The number of rotatable bonds is 5. The number of aromatic nitrogens is 2. The minimum absolute atomic E-state index is 0.110. The van der Waals surface area contributed by atoms with Crippen LogP contribution in [0.2, 0.25) is 0 Å². The number of hydrogen-bond acceptors (Lipinski definition) is 5. The highest BCUT2D eigenvalue weighted by molar-refractivity contribution is 5.94. The number of nitrogens with zero attached hydrogens (tertiary/aromatic N) is 2. The Labute approximate surface area is 153 Å². The molecule has 2 aromatic rings. The number of carbonyl (C=O) groups is 1. The third-order valence-electron chi connectivity index (χ3n) is 5.33. The normalized spacial score (nSPS) is 22.9. The molecule has 7 heteroatoms. The Bertz CT molecular complexity index is 768. The summed E-state index contributed by atoms with van der Waals surface area (Å²) in [6, 6.07) is 2.00. The molecule has 0 bridgehead atoms. The number of aromatic amines is 1. The van der Waals surface area contributed by atoms with Crippen molar-refractivity contribution < 1.29 is 13.9 Å². The van der Waals surface area contributed by atoms with Crippen LogP contribution in [0.1, 0.15) is 47.6 Å². The van der Waals surface area contributed by atoms with E-state index >= 15 is 0 Å². The third-order valence-corrected chi connectivity index (χ3v) is 5.33. The minimum atomic E-state index is -0.120. The standard InChI is InChI=1S/C19H26N4O3/c1-13(2)7-20-18(24)16-15-10-26-12-19(17(15)22-21-16)4-5-23(11-19)8-14-3-6-25-9-14/h3,6,9,13H,4-5,7-8,10-12H2,1-2H3,(H,20,24)(H,21,22). The lowest BCUT2D eigenvalue weighted by molar-refractivity contribution is 0.0509. The Kier molecular flexibility index (Phi) is 4.58. The maximum atomic E-state index is 12.5. The van der Waals surface area contributed by atoms with E-state index in [-0.39, 0.29) is 11.3 Å². The second-order valence-electron chi connectivity index (χ2n) is 7.90. The molecule has 0 aromatic carbocycles.